The Morgan fingerprint density at radius 2 is 1.71 bits per heavy atom. The molecule has 5 nitrogen and oxygen atoms in total. The molecule has 0 bridgehead atoms. The maximum Gasteiger partial charge on any atom is 0.337 e. The summed E-state index contributed by atoms with van der Waals surface area (Å²) < 4.78 is 10.6. The van der Waals surface area contributed by atoms with E-state index < -0.39 is 12.1 Å². The second-order valence-electron chi connectivity index (χ2n) is 7.80. The fraction of sp³-hybridized carbons (Fsp3) is 0.391. The van der Waals surface area contributed by atoms with Crippen molar-refractivity contribution in [2.24, 2.45) is 0 Å². The molecule has 0 saturated heterocycles. The zero-order valence-electron chi connectivity index (χ0n) is 17.5. The van der Waals surface area contributed by atoms with Crippen LogP contribution in [0, 0.1) is 6.92 Å². The van der Waals surface area contributed by atoms with Gasteiger partial charge in [0.1, 0.15) is 5.75 Å². The van der Waals surface area contributed by atoms with Crippen LogP contribution >= 0.6 is 0 Å². The van der Waals surface area contributed by atoms with Gasteiger partial charge >= 0.3 is 5.97 Å². The van der Waals surface area contributed by atoms with Gasteiger partial charge < -0.3 is 14.8 Å². The molecule has 1 N–H and O–H groups in total. The summed E-state index contributed by atoms with van der Waals surface area (Å²) in [6.07, 6.45) is -0.121. The number of nitrogens with one attached hydrogen (secondary N) is 1. The van der Waals surface area contributed by atoms with Crippen molar-refractivity contribution in [1.29, 1.82) is 0 Å². The van der Waals surface area contributed by atoms with Crippen molar-refractivity contribution in [1.82, 2.24) is 0 Å². The molecule has 0 unspecified atom stereocenters. The molecule has 0 aromatic heterocycles. The molecule has 150 valence electrons. The van der Waals surface area contributed by atoms with Gasteiger partial charge in [-0.1, -0.05) is 45.9 Å². The van der Waals surface area contributed by atoms with Crippen LogP contribution in [0.15, 0.2) is 42.5 Å². The third kappa shape index (κ3) is 5.35. The fourth-order valence-electron chi connectivity index (χ4n) is 2.73. The Labute approximate surface area is 167 Å². The number of anilines is 1. The number of hydrogen-bond donors (Lipinski definition) is 1. The molecule has 1 atom stereocenters. The van der Waals surface area contributed by atoms with Crippen LogP contribution in [-0.2, 0) is 14.9 Å². The van der Waals surface area contributed by atoms with E-state index in [0.29, 0.717) is 23.4 Å². The van der Waals surface area contributed by atoms with Crippen LogP contribution in [0.3, 0.4) is 0 Å². The molecule has 2 aromatic carbocycles. The van der Waals surface area contributed by atoms with Crippen molar-refractivity contribution in [3.8, 4) is 5.75 Å². The first-order valence-electron chi connectivity index (χ1n) is 9.42. The van der Waals surface area contributed by atoms with Crippen LogP contribution < -0.4 is 10.1 Å². The van der Waals surface area contributed by atoms with Crippen molar-refractivity contribution in [2.45, 2.75) is 52.6 Å². The number of amides is 1. The van der Waals surface area contributed by atoms with E-state index in [2.05, 4.69) is 26.1 Å². The van der Waals surface area contributed by atoms with Crippen LogP contribution in [0.2, 0.25) is 0 Å². The molecule has 0 heterocycles. The zero-order chi connectivity index (χ0) is 20.9. The standard InChI is InChI=1S/C23H29NO4/c1-7-20(28-18-12-10-17(11-13-18)23(3,4)5)21(25)24-19-14-16(22(26)27-6)9-8-15(19)2/h8-14,20H,7H2,1-6H3,(H,24,25)/t20-/m0/s1. The molecule has 0 radical (unpaired) electrons. The van der Waals surface area contributed by atoms with E-state index in [-0.39, 0.29) is 11.3 Å². The van der Waals surface area contributed by atoms with Crippen molar-refractivity contribution in [3.63, 3.8) is 0 Å². The summed E-state index contributed by atoms with van der Waals surface area (Å²) in [5.74, 6) is -0.0553. The van der Waals surface area contributed by atoms with Crippen LogP contribution in [0.4, 0.5) is 5.69 Å². The number of rotatable bonds is 6. The van der Waals surface area contributed by atoms with Crippen LogP contribution in [0.25, 0.3) is 0 Å². The quantitative estimate of drug-likeness (QED) is 0.723. The lowest BCUT2D eigenvalue weighted by atomic mass is 9.87. The van der Waals surface area contributed by atoms with Crippen molar-refractivity contribution < 1.29 is 19.1 Å². The van der Waals surface area contributed by atoms with E-state index in [4.69, 9.17) is 9.47 Å². The van der Waals surface area contributed by atoms with Crippen LogP contribution in [-0.4, -0.2) is 25.1 Å². The van der Waals surface area contributed by atoms with Crippen molar-refractivity contribution in [3.05, 3.63) is 59.2 Å². The summed E-state index contributed by atoms with van der Waals surface area (Å²) in [5.41, 5.74) is 3.06. The number of carbonyl (C=O) groups is 2. The second kappa shape index (κ2) is 8.91. The zero-order valence-corrected chi connectivity index (χ0v) is 17.5. The smallest absolute Gasteiger partial charge is 0.337 e. The van der Waals surface area contributed by atoms with E-state index in [1.54, 1.807) is 18.2 Å². The molecule has 0 aliphatic rings. The number of carbonyl (C=O) groups excluding carboxylic acids is 2. The third-order valence-corrected chi connectivity index (χ3v) is 4.58. The summed E-state index contributed by atoms with van der Waals surface area (Å²) in [4.78, 5) is 24.5. The molecule has 0 spiro atoms. The number of methoxy groups -OCH3 is 1. The Morgan fingerprint density at radius 3 is 2.25 bits per heavy atom. The lowest BCUT2D eigenvalue weighted by Crippen LogP contribution is -2.32. The number of aryl methyl sites for hydroxylation is 1. The minimum absolute atomic E-state index is 0.0578. The molecule has 5 heteroatoms. The maximum absolute atomic E-state index is 12.7. The van der Waals surface area contributed by atoms with Gasteiger partial charge in [-0.15, -0.1) is 0 Å². The highest BCUT2D eigenvalue weighted by atomic mass is 16.5. The van der Waals surface area contributed by atoms with E-state index in [9.17, 15) is 9.59 Å². The average molecular weight is 383 g/mol. The molecule has 28 heavy (non-hydrogen) atoms. The Balaban J connectivity index is 2.13. The summed E-state index contributed by atoms with van der Waals surface area (Å²) in [6.45, 7) is 10.2. The lowest BCUT2D eigenvalue weighted by molar-refractivity contribution is -0.122. The minimum Gasteiger partial charge on any atom is -0.481 e. The Kier molecular flexibility index (Phi) is 6.84. The summed E-state index contributed by atoms with van der Waals surface area (Å²) >= 11 is 0. The van der Waals surface area contributed by atoms with Gasteiger partial charge in [-0.2, -0.15) is 0 Å². The normalized spacial score (nSPS) is 12.2. The fourth-order valence-corrected chi connectivity index (χ4v) is 2.73. The summed E-state index contributed by atoms with van der Waals surface area (Å²) in [6, 6.07) is 12.9. The number of esters is 1. The molecule has 1 amide bonds. The molecule has 0 fully saturated rings. The Hall–Kier alpha value is -2.82. The largest absolute Gasteiger partial charge is 0.481 e. The first kappa shape index (κ1) is 21.5. The number of ether oxygens (including phenoxy) is 2. The molecular weight excluding hydrogens is 354 g/mol. The monoisotopic (exact) mass is 383 g/mol. The maximum atomic E-state index is 12.7. The predicted molar refractivity (Wildman–Crippen MR) is 111 cm³/mol. The molecule has 2 rings (SSSR count). The van der Waals surface area contributed by atoms with E-state index in [0.717, 1.165) is 5.56 Å². The second-order valence-corrected chi connectivity index (χ2v) is 7.80. The minimum atomic E-state index is -0.637. The highest BCUT2D eigenvalue weighted by molar-refractivity contribution is 5.97. The van der Waals surface area contributed by atoms with Gasteiger partial charge in [0.05, 0.1) is 12.7 Å². The first-order chi connectivity index (χ1) is 13.2. The number of hydrogen-bond acceptors (Lipinski definition) is 4. The highest BCUT2D eigenvalue weighted by Gasteiger charge is 2.20. The van der Waals surface area contributed by atoms with Gasteiger partial charge in [0.15, 0.2) is 6.10 Å². The lowest BCUT2D eigenvalue weighted by Gasteiger charge is -2.21. The highest BCUT2D eigenvalue weighted by Crippen LogP contribution is 2.25. The van der Waals surface area contributed by atoms with Crippen LogP contribution in [0.5, 0.6) is 5.75 Å². The molecule has 0 aliphatic carbocycles. The van der Waals surface area contributed by atoms with Gasteiger partial charge in [-0.3, -0.25) is 4.79 Å². The van der Waals surface area contributed by atoms with Crippen LogP contribution in [0.1, 0.15) is 55.6 Å². The van der Waals surface area contributed by atoms with E-state index in [1.807, 2.05) is 38.1 Å². The van der Waals surface area contributed by atoms with E-state index >= 15 is 0 Å². The number of benzene rings is 2. The predicted octanol–water partition coefficient (Wildman–Crippen LogP) is 4.88. The molecule has 0 saturated carbocycles. The first-order valence-corrected chi connectivity index (χ1v) is 9.42. The van der Waals surface area contributed by atoms with Crippen molar-refractivity contribution >= 4 is 17.6 Å². The molecular formula is C23H29NO4. The molecule has 2 aromatic rings. The Morgan fingerprint density at radius 1 is 1.07 bits per heavy atom. The van der Waals surface area contributed by atoms with Gasteiger partial charge in [0.2, 0.25) is 0 Å². The average Bonchev–Trinajstić information content (AvgIpc) is 2.66. The van der Waals surface area contributed by atoms with Gasteiger partial charge in [-0.05, 0) is 54.2 Å². The van der Waals surface area contributed by atoms with Gasteiger partial charge in [0.25, 0.3) is 5.91 Å². The molecule has 0 aliphatic heterocycles. The third-order valence-electron chi connectivity index (χ3n) is 4.58. The van der Waals surface area contributed by atoms with Crippen molar-refractivity contribution in [2.75, 3.05) is 12.4 Å². The topological polar surface area (TPSA) is 64.6 Å². The summed E-state index contributed by atoms with van der Waals surface area (Å²) in [5, 5.41) is 2.86. The van der Waals surface area contributed by atoms with Gasteiger partial charge in [0, 0.05) is 5.69 Å². The Bertz CT molecular complexity index is 835. The van der Waals surface area contributed by atoms with Gasteiger partial charge in [-0.25, -0.2) is 4.79 Å². The summed E-state index contributed by atoms with van der Waals surface area (Å²) in [7, 11) is 1.33. The van der Waals surface area contributed by atoms with E-state index in [1.165, 1.54) is 12.7 Å². The SMILES string of the molecule is CC[C@H](Oc1ccc(C(C)(C)C)cc1)C(=O)Nc1cc(C(=O)OC)ccc1C.